The van der Waals surface area contributed by atoms with Crippen LogP contribution in [0.5, 0.6) is 0 Å². The zero-order valence-corrected chi connectivity index (χ0v) is 12.0. The van der Waals surface area contributed by atoms with Gasteiger partial charge in [-0.15, -0.1) is 0 Å². The van der Waals surface area contributed by atoms with E-state index < -0.39 is 0 Å². The number of rotatable bonds is 1. The zero-order valence-electron chi connectivity index (χ0n) is 12.0. The van der Waals surface area contributed by atoms with Crippen molar-refractivity contribution in [3.63, 3.8) is 0 Å². The van der Waals surface area contributed by atoms with Gasteiger partial charge in [0.25, 0.3) is 0 Å². The highest BCUT2D eigenvalue weighted by molar-refractivity contribution is 5.32. The van der Waals surface area contributed by atoms with Crippen LogP contribution in [0.1, 0.15) is 66.6 Å². The number of H-pyrrole nitrogens is 1. The Balaban J connectivity index is 3.31. The lowest BCUT2D eigenvalue weighted by atomic mass is 9.64. The third-order valence-corrected chi connectivity index (χ3v) is 3.94. The number of hydrogen-bond donors (Lipinski definition) is 1. The lowest BCUT2D eigenvalue weighted by Crippen LogP contribution is -2.35. The van der Waals surface area contributed by atoms with E-state index in [-0.39, 0.29) is 16.2 Å². The predicted molar refractivity (Wildman–Crippen MR) is 69.8 cm³/mol. The molecule has 0 fully saturated rings. The molecule has 1 heterocycles. The molecule has 0 bridgehead atoms. The third-order valence-electron chi connectivity index (χ3n) is 3.94. The first-order valence-electron chi connectivity index (χ1n) is 6.02. The number of hydrogen-bond acceptors (Lipinski definition) is 1. The maximum absolute atomic E-state index is 4.24. The first kappa shape index (κ1) is 13.3. The highest BCUT2D eigenvalue weighted by Gasteiger charge is 2.38. The first-order valence-corrected chi connectivity index (χ1v) is 6.02. The average Bonchev–Trinajstić information content (AvgIpc) is 2.47. The average molecular weight is 222 g/mol. The van der Waals surface area contributed by atoms with Crippen molar-refractivity contribution in [2.45, 2.75) is 66.2 Å². The second-order valence-electron chi connectivity index (χ2n) is 7.28. The normalized spacial score (nSPS) is 14.2. The van der Waals surface area contributed by atoms with Crippen LogP contribution in [0.15, 0.2) is 6.20 Å². The Bertz CT molecular complexity index is 359. The molecule has 1 rings (SSSR count). The van der Waals surface area contributed by atoms with E-state index in [0.717, 1.165) is 0 Å². The Labute approximate surface area is 99.8 Å². The van der Waals surface area contributed by atoms with Crippen molar-refractivity contribution in [3.8, 4) is 0 Å². The van der Waals surface area contributed by atoms with Crippen molar-refractivity contribution in [3.05, 3.63) is 17.5 Å². The summed E-state index contributed by atoms with van der Waals surface area (Å²) < 4.78 is 0. The van der Waals surface area contributed by atoms with Crippen LogP contribution in [-0.4, -0.2) is 10.2 Å². The van der Waals surface area contributed by atoms with Gasteiger partial charge in [0.05, 0.1) is 6.20 Å². The second kappa shape index (κ2) is 3.61. The lowest BCUT2D eigenvalue weighted by Gasteiger charge is -2.40. The van der Waals surface area contributed by atoms with E-state index in [0.29, 0.717) is 0 Å². The number of aromatic amines is 1. The van der Waals surface area contributed by atoms with Crippen molar-refractivity contribution in [1.82, 2.24) is 10.2 Å². The van der Waals surface area contributed by atoms with E-state index in [1.54, 1.807) is 0 Å². The van der Waals surface area contributed by atoms with Crippen molar-refractivity contribution >= 4 is 0 Å². The quantitative estimate of drug-likeness (QED) is 0.763. The molecule has 2 nitrogen and oxygen atoms in total. The molecule has 92 valence electrons. The molecule has 0 aliphatic heterocycles. The molecular weight excluding hydrogens is 196 g/mol. The van der Waals surface area contributed by atoms with E-state index in [1.807, 2.05) is 6.20 Å². The van der Waals surface area contributed by atoms with Crippen molar-refractivity contribution in [2.24, 2.45) is 5.41 Å². The van der Waals surface area contributed by atoms with Crippen LogP contribution in [0.4, 0.5) is 0 Å². The van der Waals surface area contributed by atoms with Gasteiger partial charge in [0.1, 0.15) is 0 Å². The summed E-state index contributed by atoms with van der Waals surface area (Å²) in [5.41, 5.74) is 3.05. The molecule has 0 saturated carbocycles. The molecular formula is C14H26N2. The minimum Gasteiger partial charge on any atom is -0.282 e. The summed E-state index contributed by atoms with van der Waals surface area (Å²) in [7, 11) is 0. The van der Waals surface area contributed by atoms with Crippen LogP contribution < -0.4 is 0 Å². The smallest absolute Gasteiger partial charge is 0.0528 e. The molecule has 16 heavy (non-hydrogen) atoms. The van der Waals surface area contributed by atoms with Crippen molar-refractivity contribution < 1.29 is 0 Å². The lowest BCUT2D eigenvalue weighted by molar-refractivity contribution is 0.222. The van der Waals surface area contributed by atoms with Crippen LogP contribution in [0.2, 0.25) is 0 Å². The first-order chi connectivity index (χ1) is 6.98. The van der Waals surface area contributed by atoms with Gasteiger partial charge in [-0.3, -0.25) is 5.10 Å². The Morgan fingerprint density at radius 2 is 1.44 bits per heavy atom. The summed E-state index contributed by atoms with van der Waals surface area (Å²) in [6, 6.07) is 0. The summed E-state index contributed by atoms with van der Waals surface area (Å²) in [5.74, 6) is 0. The Morgan fingerprint density at radius 1 is 0.938 bits per heavy atom. The van der Waals surface area contributed by atoms with E-state index in [1.165, 1.54) is 11.3 Å². The summed E-state index contributed by atoms with van der Waals surface area (Å²) in [6.45, 7) is 18.1. The number of nitrogens with one attached hydrogen (secondary N) is 1. The van der Waals surface area contributed by atoms with E-state index in [2.05, 4.69) is 65.6 Å². The fourth-order valence-electron chi connectivity index (χ4n) is 1.74. The van der Waals surface area contributed by atoms with Gasteiger partial charge in [-0.1, -0.05) is 55.4 Å². The van der Waals surface area contributed by atoms with Crippen molar-refractivity contribution in [2.75, 3.05) is 0 Å². The molecule has 0 amide bonds. The molecule has 0 saturated heterocycles. The van der Waals surface area contributed by atoms with Gasteiger partial charge in [0.2, 0.25) is 0 Å². The molecule has 0 spiro atoms. The minimum absolute atomic E-state index is 0.114. The zero-order chi connectivity index (χ0) is 12.8. The highest BCUT2D eigenvalue weighted by Crippen LogP contribution is 2.43. The summed E-state index contributed by atoms with van der Waals surface area (Å²) in [6.07, 6.45) is 1.99. The molecule has 0 aromatic carbocycles. The van der Waals surface area contributed by atoms with Crippen LogP contribution >= 0.6 is 0 Å². The van der Waals surface area contributed by atoms with Crippen LogP contribution in [0.3, 0.4) is 0 Å². The molecule has 0 aliphatic rings. The summed E-state index contributed by atoms with van der Waals surface area (Å²) in [4.78, 5) is 0. The van der Waals surface area contributed by atoms with E-state index in [4.69, 9.17) is 0 Å². The molecule has 0 unspecified atom stereocenters. The minimum atomic E-state index is 0.114. The molecule has 1 N–H and O–H groups in total. The standard InChI is InChI=1S/C14H26N2/c1-12(2,3)11-10(9-15-16-11)14(7,8)13(4,5)6/h9H,1-8H3,(H,15,16). The van der Waals surface area contributed by atoms with Gasteiger partial charge < -0.3 is 0 Å². The largest absolute Gasteiger partial charge is 0.282 e. The monoisotopic (exact) mass is 222 g/mol. The van der Waals surface area contributed by atoms with Crippen LogP contribution in [0, 0.1) is 5.41 Å². The van der Waals surface area contributed by atoms with Crippen molar-refractivity contribution in [1.29, 1.82) is 0 Å². The molecule has 1 aromatic rings. The Hall–Kier alpha value is -0.790. The molecule has 0 radical (unpaired) electrons. The topological polar surface area (TPSA) is 28.7 Å². The van der Waals surface area contributed by atoms with Gasteiger partial charge >= 0.3 is 0 Å². The maximum atomic E-state index is 4.24. The fourth-order valence-corrected chi connectivity index (χ4v) is 1.74. The SMILES string of the molecule is CC(C)(C)c1[nH]ncc1C(C)(C)C(C)(C)C. The van der Waals surface area contributed by atoms with Crippen LogP contribution in [-0.2, 0) is 10.8 Å². The second-order valence-corrected chi connectivity index (χ2v) is 7.28. The van der Waals surface area contributed by atoms with E-state index >= 15 is 0 Å². The fraction of sp³-hybridized carbons (Fsp3) is 0.786. The van der Waals surface area contributed by atoms with Gasteiger partial charge in [-0.05, 0) is 16.4 Å². The maximum Gasteiger partial charge on any atom is 0.0528 e. The van der Waals surface area contributed by atoms with E-state index in [9.17, 15) is 0 Å². The van der Waals surface area contributed by atoms with Gasteiger partial charge in [0.15, 0.2) is 0 Å². The predicted octanol–water partition coefficient (Wildman–Crippen LogP) is 4.03. The molecule has 2 heteroatoms. The Morgan fingerprint density at radius 3 is 1.81 bits per heavy atom. The van der Waals surface area contributed by atoms with Gasteiger partial charge in [0, 0.05) is 11.1 Å². The molecule has 0 atom stereocenters. The summed E-state index contributed by atoms with van der Waals surface area (Å²) in [5, 5.41) is 7.42. The highest BCUT2D eigenvalue weighted by atomic mass is 15.1. The van der Waals surface area contributed by atoms with Gasteiger partial charge in [-0.2, -0.15) is 5.10 Å². The van der Waals surface area contributed by atoms with Crippen LogP contribution in [0.25, 0.3) is 0 Å². The summed E-state index contributed by atoms with van der Waals surface area (Å²) >= 11 is 0. The number of aromatic nitrogens is 2. The molecule has 1 aromatic heterocycles. The number of nitrogens with zero attached hydrogens (tertiary/aromatic N) is 1. The molecule has 0 aliphatic carbocycles. The van der Waals surface area contributed by atoms with Gasteiger partial charge in [-0.25, -0.2) is 0 Å². The third kappa shape index (κ3) is 2.16. The Kier molecular flexibility index (Phi) is 3.00.